The van der Waals surface area contributed by atoms with Gasteiger partial charge in [-0.25, -0.2) is 0 Å². The van der Waals surface area contributed by atoms with E-state index in [1.165, 1.54) is 11.1 Å². The summed E-state index contributed by atoms with van der Waals surface area (Å²) in [5.41, 5.74) is 2.58. The Kier molecular flexibility index (Phi) is 7.65. The maximum absolute atomic E-state index is 5.68. The molecule has 0 spiro atoms. The Morgan fingerprint density at radius 3 is 2.72 bits per heavy atom. The number of nitrogens with one attached hydrogen (secondary N) is 1. The van der Waals surface area contributed by atoms with Crippen molar-refractivity contribution in [2.75, 3.05) is 33.8 Å². The first-order valence-corrected chi connectivity index (χ1v) is 6.73. The smallest absolute Gasteiger partial charge is 0.0716 e. The molecule has 0 heterocycles. The fourth-order valence-electron chi connectivity index (χ4n) is 1.77. The number of rotatable bonds is 9. The topological polar surface area (TPSA) is 24.5 Å². The Morgan fingerprint density at radius 1 is 1.22 bits per heavy atom. The summed E-state index contributed by atoms with van der Waals surface area (Å²) in [6, 6.07) is 8.60. The average molecular weight is 250 g/mol. The van der Waals surface area contributed by atoms with E-state index in [0.717, 1.165) is 32.7 Å². The summed E-state index contributed by atoms with van der Waals surface area (Å²) < 4.78 is 5.68. The highest BCUT2D eigenvalue weighted by molar-refractivity contribution is 5.22. The van der Waals surface area contributed by atoms with E-state index in [9.17, 15) is 0 Å². The molecule has 0 atom stereocenters. The van der Waals surface area contributed by atoms with E-state index in [2.05, 4.69) is 55.5 Å². The van der Waals surface area contributed by atoms with Gasteiger partial charge >= 0.3 is 0 Å². The second-order valence-corrected chi connectivity index (χ2v) is 4.81. The minimum absolute atomic E-state index is 0.716. The maximum atomic E-state index is 5.68. The van der Waals surface area contributed by atoms with Gasteiger partial charge in [0, 0.05) is 13.2 Å². The van der Waals surface area contributed by atoms with Gasteiger partial charge in [0.1, 0.15) is 0 Å². The van der Waals surface area contributed by atoms with Crippen LogP contribution in [0.15, 0.2) is 24.3 Å². The molecule has 1 N–H and O–H groups in total. The summed E-state index contributed by atoms with van der Waals surface area (Å²) >= 11 is 0. The third-order valence-electron chi connectivity index (χ3n) is 2.73. The quantitative estimate of drug-likeness (QED) is 0.680. The van der Waals surface area contributed by atoms with Gasteiger partial charge < -0.3 is 15.0 Å². The molecule has 3 nitrogen and oxygen atoms in total. The van der Waals surface area contributed by atoms with Gasteiger partial charge in [-0.2, -0.15) is 0 Å². The zero-order valence-corrected chi connectivity index (χ0v) is 11.9. The van der Waals surface area contributed by atoms with Crippen LogP contribution in [0.3, 0.4) is 0 Å². The molecule has 0 bridgehead atoms. The highest BCUT2D eigenvalue weighted by Gasteiger charge is 1.97. The first-order chi connectivity index (χ1) is 8.72. The summed E-state index contributed by atoms with van der Waals surface area (Å²) in [5.74, 6) is 0. The van der Waals surface area contributed by atoms with Crippen molar-refractivity contribution in [2.45, 2.75) is 26.5 Å². The molecule has 0 aliphatic heterocycles. The van der Waals surface area contributed by atoms with Crippen molar-refractivity contribution in [2.24, 2.45) is 0 Å². The molecule has 18 heavy (non-hydrogen) atoms. The predicted octanol–water partition coefficient (Wildman–Crippen LogP) is 2.26. The van der Waals surface area contributed by atoms with Crippen LogP contribution in [0, 0.1) is 0 Å². The lowest BCUT2D eigenvalue weighted by Crippen LogP contribution is -2.14. The van der Waals surface area contributed by atoms with Crippen LogP contribution in [-0.4, -0.2) is 38.7 Å². The molecule has 0 fully saturated rings. The minimum atomic E-state index is 0.716. The molecule has 3 heteroatoms. The number of nitrogens with zero attached hydrogens (tertiary/aromatic N) is 1. The monoisotopic (exact) mass is 250 g/mol. The molecule has 0 unspecified atom stereocenters. The molecule has 0 aliphatic carbocycles. The third kappa shape index (κ3) is 6.74. The van der Waals surface area contributed by atoms with Crippen molar-refractivity contribution in [3.8, 4) is 0 Å². The molecule has 0 saturated heterocycles. The summed E-state index contributed by atoms with van der Waals surface area (Å²) in [6.45, 7) is 6.69. The van der Waals surface area contributed by atoms with Crippen molar-refractivity contribution < 1.29 is 4.74 Å². The van der Waals surface area contributed by atoms with Crippen LogP contribution in [-0.2, 0) is 17.9 Å². The van der Waals surface area contributed by atoms with Gasteiger partial charge in [-0.1, -0.05) is 31.2 Å². The maximum Gasteiger partial charge on any atom is 0.0716 e. The van der Waals surface area contributed by atoms with E-state index < -0.39 is 0 Å². The van der Waals surface area contributed by atoms with Crippen LogP contribution in [0.25, 0.3) is 0 Å². The highest BCUT2D eigenvalue weighted by Crippen LogP contribution is 2.06. The molecule has 1 aromatic carbocycles. The Balaban J connectivity index is 2.24. The standard InChI is InChI=1S/C15H26N2O/c1-4-16-12-14-7-5-8-15(11-14)13-18-10-6-9-17(2)3/h5,7-8,11,16H,4,6,9-10,12-13H2,1-3H3. The molecule has 0 saturated carbocycles. The van der Waals surface area contributed by atoms with Gasteiger partial charge in [0.15, 0.2) is 0 Å². The normalized spacial score (nSPS) is 11.1. The van der Waals surface area contributed by atoms with E-state index in [1.54, 1.807) is 0 Å². The van der Waals surface area contributed by atoms with E-state index in [4.69, 9.17) is 4.74 Å². The fourth-order valence-corrected chi connectivity index (χ4v) is 1.77. The van der Waals surface area contributed by atoms with Crippen molar-refractivity contribution in [1.82, 2.24) is 10.2 Å². The van der Waals surface area contributed by atoms with Gasteiger partial charge in [0.05, 0.1) is 6.61 Å². The van der Waals surface area contributed by atoms with E-state index in [1.807, 2.05) is 0 Å². The van der Waals surface area contributed by atoms with E-state index in [0.29, 0.717) is 6.61 Å². The molecule has 0 aliphatic rings. The minimum Gasteiger partial charge on any atom is -0.377 e. The molecule has 0 radical (unpaired) electrons. The highest BCUT2D eigenvalue weighted by atomic mass is 16.5. The SMILES string of the molecule is CCNCc1cccc(COCCCN(C)C)c1. The van der Waals surface area contributed by atoms with Gasteiger partial charge in [-0.15, -0.1) is 0 Å². The van der Waals surface area contributed by atoms with Crippen LogP contribution in [0.5, 0.6) is 0 Å². The summed E-state index contributed by atoms with van der Waals surface area (Å²) in [7, 11) is 4.18. The first-order valence-electron chi connectivity index (χ1n) is 6.73. The largest absolute Gasteiger partial charge is 0.377 e. The number of benzene rings is 1. The van der Waals surface area contributed by atoms with Crippen LogP contribution >= 0.6 is 0 Å². The van der Waals surface area contributed by atoms with Crippen molar-refractivity contribution in [1.29, 1.82) is 0 Å². The molecule has 0 amide bonds. The number of ether oxygens (including phenoxy) is 1. The van der Waals surface area contributed by atoms with Gasteiger partial charge in [0.25, 0.3) is 0 Å². The molecular weight excluding hydrogens is 224 g/mol. The Bertz CT molecular complexity index is 326. The summed E-state index contributed by atoms with van der Waals surface area (Å²) in [4.78, 5) is 2.18. The van der Waals surface area contributed by atoms with Gasteiger partial charge in [-0.3, -0.25) is 0 Å². The number of hydrogen-bond donors (Lipinski definition) is 1. The lowest BCUT2D eigenvalue weighted by Gasteiger charge is -2.10. The van der Waals surface area contributed by atoms with Crippen LogP contribution in [0.4, 0.5) is 0 Å². The average Bonchev–Trinajstić information content (AvgIpc) is 2.36. The number of hydrogen-bond acceptors (Lipinski definition) is 3. The van der Waals surface area contributed by atoms with Crippen LogP contribution in [0.1, 0.15) is 24.5 Å². The third-order valence-corrected chi connectivity index (χ3v) is 2.73. The second kappa shape index (κ2) is 9.09. The fraction of sp³-hybridized carbons (Fsp3) is 0.600. The first kappa shape index (κ1) is 15.2. The zero-order valence-electron chi connectivity index (χ0n) is 11.9. The molecule has 0 aromatic heterocycles. The van der Waals surface area contributed by atoms with Crippen molar-refractivity contribution >= 4 is 0 Å². The lowest BCUT2D eigenvalue weighted by atomic mass is 10.1. The predicted molar refractivity (Wildman–Crippen MR) is 76.6 cm³/mol. The molecule has 1 aromatic rings. The van der Waals surface area contributed by atoms with E-state index >= 15 is 0 Å². The molecular formula is C15H26N2O. The van der Waals surface area contributed by atoms with E-state index in [-0.39, 0.29) is 0 Å². The summed E-state index contributed by atoms with van der Waals surface area (Å²) in [6.07, 6.45) is 1.09. The Labute approximate surface area is 111 Å². The van der Waals surface area contributed by atoms with Gasteiger partial charge in [-0.05, 0) is 44.7 Å². The molecule has 1 rings (SSSR count). The van der Waals surface area contributed by atoms with Crippen LogP contribution in [0.2, 0.25) is 0 Å². The Morgan fingerprint density at radius 2 is 2.00 bits per heavy atom. The van der Waals surface area contributed by atoms with Gasteiger partial charge in [0.2, 0.25) is 0 Å². The Hall–Kier alpha value is -0.900. The second-order valence-electron chi connectivity index (χ2n) is 4.81. The summed E-state index contributed by atoms with van der Waals surface area (Å²) in [5, 5.41) is 3.33. The molecule has 102 valence electrons. The zero-order chi connectivity index (χ0) is 13.2. The lowest BCUT2D eigenvalue weighted by molar-refractivity contribution is 0.113. The van der Waals surface area contributed by atoms with Crippen molar-refractivity contribution in [3.05, 3.63) is 35.4 Å². The van der Waals surface area contributed by atoms with Crippen LogP contribution < -0.4 is 5.32 Å². The van der Waals surface area contributed by atoms with Crippen molar-refractivity contribution in [3.63, 3.8) is 0 Å².